The highest BCUT2D eigenvalue weighted by atomic mass is 19.4. The summed E-state index contributed by atoms with van der Waals surface area (Å²) in [4.78, 5) is 22.9. The molecular weight excluding hydrogens is 365 g/mol. The summed E-state index contributed by atoms with van der Waals surface area (Å²) in [5.74, 6) is -0.108. The SMILES string of the molecule is COc1cc(/C=C/C(=O)NCC(=O)NCC(F)(F)F)ccc1OCC(C)C. The Bertz CT molecular complexity index is 673. The molecule has 2 N–H and O–H groups in total. The van der Waals surface area contributed by atoms with E-state index < -0.39 is 31.1 Å². The fourth-order valence-corrected chi connectivity index (χ4v) is 1.82. The zero-order valence-corrected chi connectivity index (χ0v) is 15.4. The van der Waals surface area contributed by atoms with Crippen molar-refractivity contribution >= 4 is 17.9 Å². The predicted molar refractivity (Wildman–Crippen MR) is 94.4 cm³/mol. The van der Waals surface area contributed by atoms with E-state index in [2.05, 4.69) is 5.32 Å². The van der Waals surface area contributed by atoms with Gasteiger partial charge < -0.3 is 20.1 Å². The number of benzene rings is 1. The average molecular weight is 388 g/mol. The normalized spacial score (nSPS) is 11.5. The maximum absolute atomic E-state index is 12.0. The number of alkyl halides is 3. The number of methoxy groups -OCH3 is 1. The zero-order valence-electron chi connectivity index (χ0n) is 15.4. The Hall–Kier alpha value is -2.71. The topological polar surface area (TPSA) is 76.7 Å². The molecule has 0 aromatic heterocycles. The van der Waals surface area contributed by atoms with Crippen molar-refractivity contribution in [2.24, 2.45) is 5.92 Å². The van der Waals surface area contributed by atoms with Crippen molar-refractivity contribution in [3.05, 3.63) is 29.8 Å². The van der Waals surface area contributed by atoms with Crippen molar-refractivity contribution in [3.8, 4) is 11.5 Å². The van der Waals surface area contributed by atoms with Gasteiger partial charge in [0.05, 0.1) is 20.3 Å². The smallest absolute Gasteiger partial charge is 0.405 e. The van der Waals surface area contributed by atoms with E-state index in [9.17, 15) is 22.8 Å². The number of hydrogen-bond donors (Lipinski definition) is 2. The van der Waals surface area contributed by atoms with Gasteiger partial charge in [0, 0.05) is 6.08 Å². The summed E-state index contributed by atoms with van der Waals surface area (Å²) in [5, 5.41) is 3.86. The van der Waals surface area contributed by atoms with Crippen LogP contribution in [-0.4, -0.2) is 44.8 Å². The third-order valence-corrected chi connectivity index (χ3v) is 3.10. The summed E-state index contributed by atoms with van der Waals surface area (Å²) in [7, 11) is 1.50. The molecule has 0 spiro atoms. The number of rotatable bonds is 9. The molecule has 1 rings (SSSR count). The third-order valence-electron chi connectivity index (χ3n) is 3.10. The molecule has 1 aromatic carbocycles. The van der Waals surface area contributed by atoms with Gasteiger partial charge >= 0.3 is 6.18 Å². The first-order valence-electron chi connectivity index (χ1n) is 8.21. The molecule has 6 nitrogen and oxygen atoms in total. The minimum Gasteiger partial charge on any atom is -0.493 e. The van der Waals surface area contributed by atoms with Gasteiger partial charge in [-0.2, -0.15) is 13.2 Å². The monoisotopic (exact) mass is 388 g/mol. The van der Waals surface area contributed by atoms with E-state index in [1.807, 2.05) is 13.8 Å². The molecule has 0 saturated carbocycles. The molecule has 150 valence electrons. The highest BCUT2D eigenvalue weighted by Crippen LogP contribution is 2.28. The molecule has 0 aliphatic carbocycles. The summed E-state index contributed by atoms with van der Waals surface area (Å²) >= 11 is 0. The maximum atomic E-state index is 12.0. The van der Waals surface area contributed by atoms with Crippen LogP contribution in [0.4, 0.5) is 13.2 Å². The molecule has 9 heteroatoms. The van der Waals surface area contributed by atoms with Crippen LogP contribution in [0, 0.1) is 5.92 Å². The molecule has 0 heterocycles. The van der Waals surface area contributed by atoms with Gasteiger partial charge in [-0.25, -0.2) is 0 Å². The minimum absolute atomic E-state index is 0.353. The van der Waals surface area contributed by atoms with E-state index in [1.165, 1.54) is 19.3 Å². The van der Waals surface area contributed by atoms with Crippen LogP contribution in [0.1, 0.15) is 19.4 Å². The Kier molecular flexibility index (Phi) is 8.64. The minimum atomic E-state index is -4.50. The van der Waals surface area contributed by atoms with Gasteiger partial charge in [-0.05, 0) is 29.7 Å². The van der Waals surface area contributed by atoms with Gasteiger partial charge in [-0.15, -0.1) is 0 Å². The largest absolute Gasteiger partial charge is 0.493 e. The standard InChI is InChI=1S/C18H23F3N2O4/c1-12(2)10-27-14-6-4-13(8-15(14)26-3)5-7-16(24)22-9-17(25)23-11-18(19,20)21/h4-8,12H,9-11H2,1-3H3,(H,22,24)(H,23,25)/b7-5+. The molecule has 1 aromatic rings. The average Bonchev–Trinajstić information content (AvgIpc) is 2.60. The Morgan fingerprint density at radius 1 is 1.19 bits per heavy atom. The van der Waals surface area contributed by atoms with Crippen LogP contribution in [0.3, 0.4) is 0 Å². The molecule has 27 heavy (non-hydrogen) atoms. The van der Waals surface area contributed by atoms with Gasteiger partial charge in [-0.3, -0.25) is 9.59 Å². The van der Waals surface area contributed by atoms with Crippen LogP contribution in [0.2, 0.25) is 0 Å². The molecule has 0 saturated heterocycles. The quantitative estimate of drug-likeness (QED) is 0.638. The van der Waals surface area contributed by atoms with Gasteiger partial charge in [0.15, 0.2) is 11.5 Å². The highest BCUT2D eigenvalue weighted by Gasteiger charge is 2.27. The van der Waals surface area contributed by atoms with Crippen molar-refractivity contribution in [1.82, 2.24) is 10.6 Å². The molecule has 0 aliphatic heterocycles. The summed E-state index contributed by atoms with van der Waals surface area (Å²) in [6.07, 6.45) is -1.85. The lowest BCUT2D eigenvalue weighted by Gasteiger charge is -2.12. The van der Waals surface area contributed by atoms with E-state index in [-0.39, 0.29) is 0 Å². The Balaban J connectivity index is 2.55. The first-order valence-corrected chi connectivity index (χ1v) is 8.21. The van der Waals surface area contributed by atoms with E-state index in [1.54, 1.807) is 23.5 Å². The van der Waals surface area contributed by atoms with Crippen LogP contribution in [0.5, 0.6) is 11.5 Å². The lowest BCUT2D eigenvalue weighted by molar-refractivity contribution is -0.138. The lowest BCUT2D eigenvalue weighted by atomic mass is 10.2. The molecule has 0 radical (unpaired) electrons. The van der Waals surface area contributed by atoms with Crippen molar-refractivity contribution in [2.45, 2.75) is 20.0 Å². The number of carbonyl (C=O) groups is 2. The number of ether oxygens (including phenoxy) is 2. The van der Waals surface area contributed by atoms with Gasteiger partial charge in [0.1, 0.15) is 6.54 Å². The third kappa shape index (κ3) is 9.53. The lowest BCUT2D eigenvalue weighted by Crippen LogP contribution is -2.40. The van der Waals surface area contributed by atoms with Crippen molar-refractivity contribution in [2.75, 3.05) is 26.8 Å². The first-order chi connectivity index (χ1) is 12.6. The van der Waals surface area contributed by atoms with E-state index in [0.29, 0.717) is 29.6 Å². The number of halogens is 3. The number of carbonyl (C=O) groups excluding carboxylic acids is 2. The summed E-state index contributed by atoms with van der Waals surface area (Å²) < 4.78 is 46.8. The number of nitrogens with one attached hydrogen (secondary N) is 2. The predicted octanol–water partition coefficient (Wildman–Crippen LogP) is 2.54. The van der Waals surface area contributed by atoms with E-state index in [4.69, 9.17) is 9.47 Å². The summed E-state index contributed by atoms with van der Waals surface area (Å²) in [6, 6.07) is 5.11. The fourth-order valence-electron chi connectivity index (χ4n) is 1.82. The van der Waals surface area contributed by atoms with E-state index in [0.717, 1.165) is 0 Å². The highest BCUT2D eigenvalue weighted by molar-refractivity contribution is 5.94. The second-order valence-electron chi connectivity index (χ2n) is 6.06. The van der Waals surface area contributed by atoms with Crippen LogP contribution >= 0.6 is 0 Å². The second-order valence-corrected chi connectivity index (χ2v) is 6.06. The summed E-state index contributed by atoms with van der Waals surface area (Å²) in [5.41, 5.74) is 0.653. The Labute approximate surface area is 155 Å². The van der Waals surface area contributed by atoms with Crippen molar-refractivity contribution in [1.29, 1.82) is 0 Å². The van der Waals surface area contributed by atoms with E-state index >= 15 is 0 Å². The van der Waals surface area contributed by atoms with Crippen LogP contribution in [0.25, 0.3) is 6.08 Å². The molecule has 0 fully saturated rings. The Morgan fingerprint density at radius 3 is 2.48 bits per heavy atom. The van der Waals surface area contributed by atoms with Crippen molar-refractivity contribution in [3.63, 3.8) is 0 Å². The number of amides is 2. The second kappa shape index (κ2) is 10.4. The maximum Gasteiger partial charge on any atom is 0.405 e. The first kappa shape index (κ1) is 22.3. The molecule has 0 unspecified atom stereocenters. The van der Waals surface area contributed by atoms with Gasteiger partial charge in [0.25, 0.3) is 0 Å². The summed E-state index contributed by atoms with van der Waals surface area (Å²) in [6.45, 7) is 2.58. The zero-order chi connectivity index (χ0) is 20.4. The van der Waals surface area contributed by atoms with Gasteiger partial charge in [-0.1, -0.05) is 19.9 Å². The number of hydrogen-bond acceptors (Lipinski definition) is 4. The molecule has 0 bridgehead atoms. The fraction of sp³-hybridized carbons (Fsp3) is 0.444. The molecule has 2 amide bonds. The van der Waals surface area contributed by atoms with Crippen LogP contribution < -0.4 is 20.1 Å². The molecule has 0 aliphatic rings. The van der Waals surface area contributed by atoms with Crippen LogP contribution in [-0.2, 0) is 9.59 Å². The molecule has 0 atom stereocenters. The van der Waals surface area contributed by atoms with Gasteiger partial charge in [0.2, 0.25) is 11.8 Å². The Morgan fingerprint density at radius 2 is 1.89 bits per heavy atom. The van der Waals surface area contributed by atoms with Crippen molar-refractivity contribution < 1.29 is 32.2 Å². The van der Waals surface area contributed by atoms with Crippen LogP contribution in [0.15, 0.2) is 24.3 Å². The molecular formula is C18H23F3N2O4.